The van der Waals surface area contributed by atoms with E-state index in [1.54, 1.807) is 7.11 Å². The molecule has 0 aromatic rings. The van der Waals surface area contributed by atoms with Crippen molar-refractivity contribution < 1.29 is 4.74 Å². The molecule has 0 aromatic carbocycles. The number of methoxy groups -OCH3 is 1. The molecular formula is C10H21NOS. The fourth-order valence-corrected chi connectivity index (χ4v) is 2.05. The zero-order valence-corrected chi connectivity index (χ0v) is 9.43. The van der Waals surface area contributed by atoms with Crippen LogP contribution < -0.4 is 0 Å². The van der Waals surface area contributed by atoms with Gasteiger partial charge in [-0.05, 0) is 50.6 Å². The third-order valence-corrected chi connectivity index (χ3v) is 3.06. The van der Waals surface area contributed by atoms with E-state index in [-0.39, 0.29) is 0 Å². The number of ether oxygens (including phenoxy) is 1. The molecule has 0 aliphatic carbocycles. The molecule has 0 aromatic heterocycles. The Kier molecular flexibility index (Phi) is 5.83. The standard InChI is InChI=1S/C10H21NOS/c1-12-9-10-3-6-11(7-4-10)5-2-8-13/h10,13H,2-9H2,1H3. The summed E-state index contributed by atoms with van der Waals surface area (Å²) in [5.74, 6) is 1.81. The van der Waals surface area contributed by atoms with Gasteiger partial charge in [-0.3, -0.25) is 0 Å². The van der Waals surface area contributed by atoms with Crippen LogP contribution in [0.25, 0.3) is 0 Å². The Labute approximate surface area is 87.0 Å². The van der Waals surface area contributed by atoms with Crippen molar-refractivity contribution in [3.8, 4) is 0 Å². The summed E-state index contributed by atoms with van der Waals surface area (Å²) >= 11 is 4.22. The first-order chi connectivity index (χ1) is 6.36. The second-order valence-corrected chi connectivity index (χ2v) is 4.26. The van der Waals surface area contributed by atoms with Crippen molar-refractivity contribution >= 4 is 12.6 Å². The molecule has 0 bridgehead atoms. The van der Waals surface area contributed by atoms with Gasteiger partial charge in [-0.15, -0.1) is 0 Å². The Morgan fingerprint density at radius 2 is 2.08 bits per heavy atom. The molecule has 1 aliphatic rings. The highest BCUT2D eigenvalue weighted by molar-refractivity contribution is 7.80. The lowest BCUT2D eigenvalue weighted by Gasteiger charge is -2.31. The molecule has 0 radical (unpaired) electrons. The SMILES string of the molecule is COCC1CCN(CCCS)CC1. The molecule has 0 spiro atoms. The van der Waals surface area contributed by atoms with Gasteiger partial charge in [-0.1, -0.05) is 0 Å². The fourth-order valence-electron chi connectivity index (χ4n) is 1.91. The van der Waals surface area contributed by atoms with Gasteiger partial charge in [0.25, 0.3) is 0 Å². The third-order valence-electron chi connectivity index (χ3n) is 2.74. The van der Waals surface area contributed by atoms with E-state index in [1.165, 1.54) is 38.9 Å². The first kappa shape index (κ1) is 11.3. The molecule has 0 N–H and O–H groups in total. The van der Waals surface area contributed by atoms with Gasteiger partial charge >= 0.3 is 0 Å². The maximum atomic E-state index is 5.17. The summed E-state index contributed by atoms with van der Waals surface area (Å²) in [4.78, 5) is 2.54. The van der Waals surface area contributed by atoms with Gasteiger partial charge in [-0.25, -0.2) is 0 Å². The molecule has 1 saturated heterocycles. The zero-order chi connectivity index (χ0) is 9.52. The highest BCUT2D eigenvalue weighted by atomic mass is 32.1. The second kappa shape index (κ2) is 6.68. The van der Waals surface area contributed by atoms with E-state index in [4.69, 9.17) is 4.74 Å². The van der Waals surface area contributed by atoms with Gasteiger partial charge in [0, 0.05) is 13.7 Å². The van der Waals surface area contributed by atoms with Gasteiger partial charge in [-0.2, -0.15) is 12.6 Å². The summed E-state index contributed by atoms with van der Waals surface area (Å²) in [6, 6.07) is 0. The van der Waals surface area contributed by atoms with E-state index in [0.717, 1.165) is 18.3 Å². The molecule has 0 atom stereocenters. The minimum absolute atomic E-state index is 0.803. The van der Waals surface area contributed by atoms with E-state index in [1.807, 2.05) is 0 Å². The summed E-state index contributed by atoms with van der Waals surface area (Å²) in [6.07, 6.45) is 3.83. The number of nitrogens with zero attached hydrogens (tertiary/aromatic N) is 1. The summed E-state index contributed by atoms with van der Waals surface area (Å²) in [5.41, 5.74) is 0. The van der Waals surface area contributed by atoms with E-state index in [2.05, 4.69) is 17.5 Å². The van der Waals surface area contributed by atoms with Crippen LogP contribution in [0.1, 0.15) is 19.3 Å². The van der Waals surface area contributed by atoms with E-state index in [9.17, 15) is 0 Å². The van der Waals surface area contributed by atoms with Crippen LogP contribution in [0.5, 0.6) is 0 Å². The van der Waals surface area contributed by atoms with Crippen LogP contribution in [-0.2, 0) is 4.74 Å². The molecule has 0 unspecified atom stereocenters. The summed E-state index contributed by atoms with van der Waals surface area (Å²) in [6.45, 7) is 4.67. The zero-order valence-electron chi connectivity index (χ0n) is 8.54. The molecular weight excluding hydrogens is 182 g/mol. The number of piperidine rings is 1. The van der Waals surface area contributed by atoms with Crippen molar-refractivity contribution in [1.82, 2.24) is 4.90 Å². The van der Waals surface area contributed by atoms with Crippen LogP contribution in [-0.4, -0.2) is 44.0 Å². The molecule has 78 valence electrons. The van der Waals surface area contributed by atoms with Crippen molar-refractivity contribution in [2.75, 3.05) is 39.1 Å². The molecule has 1 fully saturated rings. The molecule has 0 amide bonds. The lowest BCUT2D eigenvalue weighted by molar-refractivity contribution is 0.0997. The first-order valence-electron chi connectivity index (χ1n) is 5.19. The van der Waals surface area contributed by atoms with Crippen molar-refractivity contribution in [3.63, 3.8) is 0 Å². The molecule has 0 saturated carbocycles. The Balaban J connectivity index is 2.08. The first-order valence-corrected chi connectivity index (χ1v) is 5.82. The Bertz CT molecular complexity index is 124. The highest BCUT2D eigenvalue weighted by Crippen LogP contribution is 2.17. The predicted molar refractivity (Wildman–Crippen MR) is 59.5 cm³/mol. The van der Waals surface area contributed by atoms with Crippen molar-refractivity contribution in [2.45, 2.75) is 19.3 Å². The normalized spacial score (nSPS) is 20.8. The molecule has 13 heavy (non-hydrogen) atoms. The van der Waals surface area contributed by atoms with Crippen molar-refractivity contribution in [3.05, 3.63) is 0 Å². The average molecular weight is 203 g/mol. The predicted octanol–water partition coefficient (Wildman–Crippen LogP) is 1.66. The van der Waals surface area contributed by atoms with Crippen molar-refractivity contribution in [1.29, 1.82) is 0 Å². The minimum atomic E-state index is 0.803. The Morgan fingerprint density at radius 3 is 2.62 bits per heavy atom. The average Bonchev–Trinajstić information content (AvgIpc) is 2.17. The van der Waals surface area contributed by atoms with Gasteiger partial charge in [0.15, 0.2) is 0 Å². The maximum Gasteiger partial charge on any atom is 0.0491 e. The van der Waals surface area contributed by atoms with Gasteiger partial charge in [0.2, 0.25) is 0 Å². The van der Waals surface area contributed by atoms with E-state index < -0.39 is 0 Å². The Hall–Kier alpha value is 0.270. The van der Waals surface area contributed by atoms with Crippen LogP contribution in [0.4, 0.5) is 0 Å². The number of likely N-dealkylation sites (tertiary alicyclic amines) is 1. The number of thiol groups is 1. The number of rotatable bonds is 5. The van der Waals surface area contributed by atoms with E-state index in [0.29, 0.717) is 0 Å². The lowest BCUT2D eigenvalue weighted by atomic mass is 9.98. The summed E-state index contributed by atoms with van der Waals surface area (Å²) in [7, 11) is 1.80. The lowest BCUT2D eigenvalue weighted by Crippen LogP contribution is -2.35. The number of hydrogen-bond acceptors (Lipinski definition) is 3. The Morgan fingerprint density at radius 1 is 1.38 bits per heavy atom. The topological polar surface area (TPSA) is 12.5 Å². The smallest absolute Gasteiger partial charge is 0.0491 e. The second-order valence-electron chi connectivity index (χ2n) is 3.82. The van der Waals surface area contributed by atoms with E-state index >= 15 is 0 Å². The van der Waals surface area contributed by atoms with Crippen LogP contribution in [0.3, 0.4) is 0 Å². The van der Waals surface area contributed by atoms with Crippen LogP contribution in [0, 0.1) is 5.92 Å². The monoisotopic (exact) mass is 203 g/mol. The molecule has 2 nitrogen and oxygen atoms in total. The highest BCUT2D eigenvalue weighted by Gasteiger charge is 2.17. The van der Waals surface area contributed by atoms with Crippen molar-refractivity contribution in [2.24, 2.45) is 5.92 Å². The minimum Gasteiger partial charge on any atom is -0.384 e. The van der Waals surface area contributed by atoms with Gasteiger partial charge in [0.05, 0.1) is 0 Å². The van der Waals surface area contributed by atoms with Crippen LogP contribution in [0.15, 0.2) is 0 Å². The molecule has 1 heterocycles. The van der Waals surface area contributed by atoms with Crippen LogP contribution in [0.2, 0.25) is 0 Å². The third kappa shape index (κ3) is 4.34. The van der Waals surface area contributed by atoms with Gasteiger partial charge < -0.3 is 9.64 Å². The summed E-state index contributed by atoms with van der Waals surface area (Å²) in [5, 5.41) is 0. The summed E-state index contributed by atoms with van der Waals surface area (Å²) < 4.78 is 5.17. The number of hydrogen-bond donors (Lipinski definition) is 1. The molecule has 1 aliphatic heterocycles. The van der Waals surface area contributed by atoms with Crippen LogP contribution >= 0.6 is 12.6 Å². The fraction of sp³-hybridized carbons (Fsp3) is 1.00. The maximum absolute atomic E-state index is 5.17. The molecule has 3 heteroatoms. The molecule has 1 rings (SSSR count). The van der Waals surface area contributed by atoms with Gasteiger partial charge in [0.1, 0.15) is 0 Å². The largest absolute Gasteiger partial charge is 0.384 e. The quantitative estimate of drug-likeness (QED) is 0.682.